The molecule has 21 heavy (non-hydrogen) atoms. The van der Waals surface area contributed by atoms with Crippen molar-refractivity contribution < 1.29 is 9.53 Å². The standard InChI is InChI=1S/C15H24N4O2/c1-15(2,3)21-14(20)19-8-4-7-18(9-10-19)13-6-5-12(16)11-17-13/h5-6,11H,4,7-10,16H2,1-3H3. The Hall–Kier alpha value is -1.98. The van der Waals surface area contributed by atoms with Gasteiger partial charge in [-0.05, 0) is 39.3 Å². The van der Waals surface area contributed by atoms with Crippen LogP contribution < -0.4 is 10.6 Å². The summed E-state index contributed by atoms with van der Waals surface area (Å²) in [4.78, 5) is 20.4. The van der Waals surface area contributed by atoms with Crippen LogP contribution in [0.3, 0.4) is 0 Å². The third-order valence-electron chi connectivity index (χ3n) is 3.24. The summed E-state index contributed by atoms with van der Waals surface area (Å²) < 4.78 is 5.43. The highest BCUT2D eigenvalue weighted by Gasteiger charge is 2.24. The number of nitrogens with zero attached hydrogens (tertiary/aromatic N) is 3. The molecule has 6 heteroatoms. The van der Waals surface area contributed by atoms with Crippen LogP contribution >= 0.6 is 0 Å². The van der Waals surface area contributed by atoms with Crippen molar-refractivity contribution >= 4 is 17.6 Å². The number of pyridine rings is 1. The van der Waals surface area contributed by atoms with Crippen molar-refractivity contribution in [2.45, 2.75) is 32.8 Å². The Morgan fingerprint density at radius 1 is 1.24 bits per heavy atom. The van der Waals surface area contributed by atoms with E-state index in [0.717, 1.165) is 25.3 Å². The first-order valence-electron chi connectivity index (χ1n) is 7.29. The molecule has 1 aromatic rings. The summed E-state index contributed by atoms with van der Waals surface area (Å²) in [5.74, 6) is 0.898. The third-order valence-corrected chi connectivity index (χ3v) is 3.24. The summed E-state index contributed by atoms with van der Waals surface area (Å²) in [7, 11) is 0. The van der Waals surface area contributed by atoms with Crippen molar-refractivity contribution in [2.24, 2.45) is 0 Å². The predicted octanol–water partition coefficient (Wildman–Crippen LogP) is 2.11. The molecule has 1 amide bonds. The van der Waals surface area contributed by atoms with E-state index in [4.69, 9.17) is 10.5 Å². The smallest absolute Gasteiger partial charge is 0.410 e. The van der Waals surface area contributed by atoms with E-state index < -0.39 is 5.60 Å². The molecular formula is C15H24N4O2. The van der Waals surface area contributed by atoms with Crippen LogP contribution in [-0.2, 0) is 4.74 Å². The number of rotatable bonds is 1. The van der Waals surface area contributed by atoms with Crippen LogP contribution in [0.4, 0.5) is 16.3 Å². The second-order valence-corrected chi connectivity index (χ2v) is 6.26. The van der Waals surface area contributed by atoms with Crippen LogP contribution in [-0.4, -0.2) is 47.8 Å². The maximum absolute atomic E-state index is 12.1. The molecule has 1 fully saturated rings. The average molecular weight is 292 g/mol. The molecule has 2 heterocycles. The molecule has 0 atom stereocenters. The fourth-order valence-electron chi connectivity index (χ4n) is 2.24. The van der Waals surface area contributed by atoms with Crippen LogP contribution in [0.1, 0.15) is 27.2 Å². The monoisotopic (exact) mass is 292 g/mol. The van der Waals surface area contributed by atoms with E-state index in [1.807, 2.05) is 32.9 Å². The fraction of sp³-hybridized carbons (Fsp3) is 0.600. The number of amides is 1. The number of ether oxygens (including phenoxy) is 1. The van der Waals surface area contributed by atoms with Gasteiger partial charge in [-0.15, -0.1) is 0 Å². The number of carbonyl (C=O) groups is 1. The average Bonchev–Trinajstić information content (AvgIpc) is 2.63. The van der Waals surface area contributed by atoms with Gasteiger partial charge in [-0.2, -0.15) is 0 Å². The minimum Gasteiger partial charge on any atom is -0.444 e. The molecule has 0 unspecified atom stereocenters. The Labute approximate surface area is 125 Å². The van der Waals surface area contributed by atoms with Gasteiger partial charge in [-0.3, -0.25) is 0 Å². The molecule has 0 bridgehead atoms. The number of aromatic nitrogens is 1. The summed E-state index contributed by atoms with van der Waals surface area (Å²) in [5, 5.41) is 0. The van der Waals surface area contributed by atoms with Crippen molar-refractivity contribution in [1.82, 2.24) is 9.88 Å². The highest BCUT2D eigenvalue weighted by atomic mass is 16.6. The molecule has 116 valence electrons. The van der Waals surface area contributed by atoms with Crippen LogP contribution in [0.5, 0.6) is 0 Å². The van der Waals surface area contributed by atoms with Crippen molar-refractivity contribution in [2.75, 3.05) is 36.8 Å². The largest absolute Gasteiger partial charge is 0.444 e. The second kappa shape index (κ2) is 6.20. The zero-order chi connectivity index (χ0) is 15.5. The zero-order valence-electron chi connectivity index (χ0n) is 13.0. The normalized spacial score (nSPS) is 16.5. The Bertz CT molecular complexity index is 481. The molecule has 6 nitrogen and oxygen atoms in total. The van der Waals surface area contributed by atoms with Crippen LogP contribution in [0.25, 0.3) is 0 Å². The highest BCUT2D eigenvalue weighted by molar-refractivity contribution is 5.68. The molecule has 1 aliphatic heterocycles. The lowest BCUT2D eigenvalue weighted by atomic mass is 10.2. The van der Waals surface area contributed by atoms with E-state index in [1.54, 1.807) is 11.1 Å². The van der Waals surface area contributed by atoms with Gasteiger partial charge in [0, 0.05) is 26.2 Å². The van der Waals surface area contributed by atoms with Crippen molar-refractivity contribution in [3.8, 4) is 0 Å². The number of hydrogen-bond donors (Lipinski definition) is 1. The van der Waals surface area contributed by atoms with Gasteiger partial charge in [-0.25, -0.2) is 9.78 Å². The quantitative estimate of drug-likeness (QED) is 0.858. The summed E-state index contributed by atoms with van der Waals surface area (Å²) in [6, 6.07) is 3.76. The summed E-state index contributed by atoms with van der Waals surface area (Å²) in [5.41, 5.74) is 5.86. The minimum atomic E-state index is -0.457. The molecule has 0 aromatic carbocycles. The highest BCUT2D eigenvalue weighted by Crippen LogP contribution is 2.16. The van der Waals surface area contributed by atoms with E-state index in [2.05, 4.69) is 9.88 Å². The lowest BCUT2D eigenvalue weighted by Gasteiger charge is -2.26. The van der Waals surface area contributed by atoms with Gasteiger partial charge in [0.05, 0.1) is 11.9 Å². The van der Waals surface area contributed by atoms with Crippen molar-refractivity contribution in [3.63, 3.8) is 0 Å². The number of anilines is 2. The third kappa shape index (κ3) is 4.51. The fourth-order valence-corrected chi connectivity index (χ4v) is 2.24. The molecule has 2 rings (SSSR count). The molecule has 0 spiro atoms. The summed E-state index contributed by atoms with van der Waals surface area (Å²) >= 11 is 0. The summed E-state index contributed by atoms with van der Waals surface area (Å²) in [6.45, 7) is 8.61. The van der Waals surface area contributed by atoms with E-state index in [1.165, 1.54) is 0 Å². The lowest BCUT2D eigenvalue weighted by Crippen LogP contribution is -2.39. The van der Waals surface area contributed by atoms with Gasteiger partial charge in [0.25, 0.3) is 0 Å². The number of carbonyl (C=O) groups excluding carboxylic acids is 1. The first kappa shape index (κ1) is 15.4. The van der Waals surface area contributed by atoms with Crippen LogP contribution in [0.15, 0.2) is 18.3 Å². The molecular weight excluding hydrogens is 268 g/mol. The van der Waals surface area contributed by atoms with E-state index in [-0.39, 0.29) is 6.09 Å². The molecule has 1 aliphatic rings. The predicted molar refractivity (Wildman–Crippen MR) is 83.3 cm³/mol. The van der Waals surface area contributed by atoms with E-state index >= 15 is 0 Å². The van der Waals surface area contributed by atoms with E-state index in [0.29, 0.717) is 18.8 Å². The van der Waals surface area contributed by atoms with Gasteiger partial charge in [0.15, 0.2) is 0 Å². The second-order valence-electron chi connectivity index (χ2n) is 6.26. The topological polar surface area (TPSA) is 71.7 Å². The molecule has 2 N–H and O–H groups in total. The minimum absolute atomic E-state index is 0.241. The molecule has 0 radical (unpaired) electrons. The Kier molecular flexibility index (Phi) is 4.55. The van der Waals surface area contributed by atoms with Gasteiger partial charge < -0.3 is 20.3 Å². The summed E-state index contributed by atoms with van der Waals surface area (Å²) in [6.07, 6.45) is 2.31. The number of nitrogen functional groups attached to an aromatic ring is 1. The molecule has 0 aliphatic carbocycles. The number of hydrogen-bond acceptors (Lipinski definition) is 5. The van der Waals surface area contributed by atoms with Gasteiger partial charge in [-0.1, -0.05) is 0 Å². The maximum atomic E-state index is 12.1. The molecule has 1 aromatic heterocycles. The van der Waals surface area contributed by atoms with E-state index in [9.17, 15) is 4.79 Å². The molecule has 0 saturated carbocycles. The Balaban J connectivity index is 1.95. The first-order chi connectivity index (χ1) is 9.85. The van der Waals surface area contributed by atoms with Gasteiger partial charge >= 0.3 is 6.09 Å². The van der Waals surface area contributed by atoms with Crippen LogP contribution in [0.2, 0.25) is 0 Å². The maximum Gasteiger partial charge on any atom is 0.410 e. The Morgan fingerprint density at radius 3 is 2.62 bits per heavy atom. The van der Waals surface area contributed by atoms with Crippen LogP contribution in [0, 0.1) is 0 Å². The lowest BCUT2D eigenvalue weighted by molar-refractivity contribution is 0.0263. The van der Waals surface area contributed by atoms with Crippen molar-refractivity contribution in [3.05, 3.63) is 18.3 Å². The zero-order valence-corrected chi connectivity index (χ0v) is 13.0. The first-order valence-corrected chi connectivity index (χ1v) is 7.29. The van der Waals surface area contributed by atoms with Crippen molar-refractivity contribution in [1.29, 1.82) is 0 Å². The Morgan fingerprint density at radius 2 is 2.00 bits per heavy atom. The SMILES string of the molecule is CC(C)(C)OC(=O)N1CCCN(c2ccc(N)cn2)CC1. The van der Waals surface area contributed by atoms with Gasteiger partial charge in [0.1, 0.15) is 11.4 Å². The van der Waals surface area contributed by atoms with Gasteiger partial charge in [0.2, 0.25) is 0 Å². The number of nitrogens with two attached hydrogens (primary N) is 1. The molecule has 1 saturated heterocycles.